The van der Waals surface area contributed by atoms with Crippen LogP contribution < -0.4 is 0 Å². The van der Waals surface area contributed by atoms with Crippen molar-refractivity contribution in [2.45, 2.75) is 25.7 Å². The lowest BCUT2D eigenvalue weighted by Gasteiger charge is -2.32. The third-order valence-corrected chi connectivity index (χ3v) is 4.88. The van der Waals surface area contributed by atoms with Crippen LogP contribution in [0.15, 0.2) is 36.4 Å². The number of carboxylic acid groups (broad SMARTS) is 2. The van der Waals surface area contributed by atoms with Crippen molar-refractivity contribution in [2.24, 2.45) is 11.8 Å². The Balaban J connectivity index is 0.000000224. The molecule has 0 amide bonds. The van der Waals surface area contributed by atoms with Crippen LogP contribution in [0.1, 0.15) is 24.0 Å². The number of hydrogen-bond acceptors (Lipinski definition) is 3. The Morgan fingerprint density at radius 2 is 1.42 bits per heavy atom. The normalized spacial score (nSPS) is 18.9. The Bertz CT molecular complexity index is 562. The van der Waals surface area contributed by atoms with Crippen LogP contribution in [0.4, 0.5) is 0 Å². The second kappa shape index (κ2) is 8.64. The lowest BCUT2D eigenvalue weighted by molar-refractivity contribution is -0.134. The van der Waals surface area contributed by atoms with Gasteiger partial charge >= 0.3 is 11.9 Å². The van der Waals surface area contributed by atoms with Gasteiger partial charge in [-0.25, -0.2) is 9.59 Å². The molecule has 130 valence electrons. The molecule has 0 atom stereocenters. The fourth-order valence-corrected chi connectivity index (χ4v) is 3.57. The van der Waals surface area contributed by atoms with E-state index in [4.69, 9.17) is 10.2 Å². The second-order valence-corrected chi connectivity index (χ2v) is 6.59. The Labute approximate surface area is 142 Å². The van der Waals surface area contributed by atoms with E-state index in [0.717, 1.165) is 11.8 Å². The average molecular weight is 331 g/mol. The Hall–Kier alpha value is -2.14. The van der Waals surface area contributed by atoms with Crippen molar-refractivity contribution in [3.63, 3.8) is 0 Å². The molecule has 0 unspecified atom stereocenters. The molecule has 2 aliphatic rings. The lowest BCUT2D eigenvalue weighted by Crippen LogP contribution is -2.33. The number of carbonyl (C=O) groups is 2. The number of nitrogens with zero attached hydrogens (tertiary/aromatic N) is 1. The predicted molar refractivity (Wildman–Crippen MR) is 92.0 cm³/mol. The van der Waals surface area contributed by atoms with Gasteiger partial charge in [-0.05, 0) is 68.8 Å². The summed E-state index contributed by atoms with van der Waals surface area (Å²) in [6.45, 7) is 2.61. The maximum atomic E-state index is 9.55. The number of likely N-dealkylation sites (tertiary alicyclic amines) is 1. The summed E-state index contributed by atoms with van der Waals surface area (Å²) in [5, 5.41) is 15.6. The third kappa shape index (κ3) is 5.49. The van der Waals surface area contributed by atoms with Gasteiger partial charge in [0.25, 0.3) is 0 Å². The van der Waals surface area contributed by atoms with Crippen molar-refractivity contribution in [1.82, 2.24) is 4.90 Å². The minimum atomic E-state index is -1.26. The summed E-state index contributed by atoms with van der Waals surface area (Å²) in [7, 11) is 2.25. The van der Waals surface area contributed by atoms with Crippen LogP contribution in [0, 0.1) is 11.8 Å². The third-order valence-electron chi connectivity index (χ3n) is 4.88. The van der Waals surface area contributed by atoms with E-state index in [2.05, 4.69) is 36.2 Å². The predicted octanol–water partition coefficient (Wildman–Crippen LogP) is 2.46. The monoisotopic (exact) mass is 331 g/mol. The van der Waals surface area contributed by atoms with Crippen molar-refractivity contribution in [3.8, 4) is 0 Å². The molecule has 1 aliphatic heterocycles. The van der Waals surface area contributed by atoms with Gasteiger partial charge in [0.2, 0.25) is 0 Å². The Kier molecular flexibility index (Phi) is 6.55. The molecule has 3 rings (SSSR count). The molecule has 0 saturated carbocycles. The fourth-order valence-electron chi connectivity index (χ4n) is 3.57. The quantitative estimate of drug-likeness (QED) is 0.832. The van der Waals surface area contributed by atoms with Gasteiger partial charge in [0.15, 0.2) is 0 Å². The molecule has 0 aromatic heterocycles. The molecular weight excluding hydrogens is 306 g/mol. The first kappa shape index (κ1) is 18.2. The molecule has 0 bridgehead atoms. The molecule has 5 nitrogen and oxygen atoms in total. The molecular formula is C19H25NO4. The first-order valence-corrected chi connectivity index (χ1v) is 8.35. The van der Waals surface area contributed by atoms with Gasteiger partial charge in [-0.3, -0.25) is 0 Å². The molecule has 1 aliphatic carbocycles. The average Bonchev–Trinajstić information content (AvgIpc) is 2.98. The van der Waals surface area contributed by atoms with E-state index in [1.54, 1.807) is 11.1 Å². The van der Waals surface area contributed by atoms with Crippen LogP contribution in [0.5, 0.6) is 0 Å². The van der Waals surface area contributed by atoms with Crippen LogP contribution in [-0.4, -0.2) is 47.2 Å². The Morgan fingerprint density at radius 3 is 1.83 bits per heavy atom. The SMILES string of the molecule is CN1CCC(C2Cc3ccccc3C2)CC1.O=C(O)C=CC(=O)O. The summed E-state index contributed by atoms with van der Waals surface area (Å²) >= 11 is 0. The number of aliphatic carboxylic acids is 2. The van der Waals surface area contributed by atoms with E-state index in [9.17, 15) is 9.59 Å². The van der Waals surface area contributed by atoms with Crippen LogP contribution in [-0.2, 0) is 22.4 Å². The minimum Gasteiger partial charge on any atom is -0.478 e. The number of piperidine rings is 1. The lowest BCUT2D eigenvalue weighted by atomic mass is 9.82. The maximum Gasteiger partial charge on any atom is 0.328 e. The summed E-state index contributed by atoms with van der Waals surface area (Å²) < 4.78 is 0. The van der Waals surface area contributed by atoms with Crippen LogP contribution in [0.25, 0.3) is 0 Å². The summed E-state index contributed by atoms with van der Waals surface area (Å²) in [6, 6.07) is 9.03. The molecule has 1 fully saturated rings. The van der Waals surface area contributed by atoms with Crippen LogP contribution >= 0.6 is 0 Å². The zero-order valence-electron chi connectivity index (χ0n) is 14.0. The smallest absolute Gasteiger partial charge is 0.328 e. The molecule has 0 radical (unpaired) electrons. The van der Waals surface area contributed by atoms with Gasteiger partial charge in [-0.1, -0.05) is 24.3 Å². The number of benzene rings is 1. The second-order valence-electron chi connectivity index (χ2n) is 6.59. The molecule has 1 saturated heterocycles. The number of rotatable bonds is 3. The van der Waals surface area contributed by atoms with E-state index >= 15 is 0 Å². The number of hydrogen-bond donors (Lipinski definition) is 2. The highest BCUT2D eigenvalue weighted by Gasteiger charge is 2.30. The van der Waals surface area contributed by atoms with Gasteiger partial charge in [-0.15, -0.1) is 0 Å². The van der Waals surface area contributed by atoms with Crippen molar-refractivity contribution in [2.75, 3.05) is 20.1 Å². The summed E-state index contributed by atoms with van der Waals surface area (Å²) in [6.07, 6.45) is 6.62. The molecule has 1 aromatic carbocycles. The van der Waals surface area contributed by atoms with Gasteiger partial charge in [0.1, 0.15) is 0 Å². The van der Waals surface area contributed by atoms with E-state index in [1.165, 1.54) is 38.8 Å². The van der Waals surface area contributed by atoms with Crippen molar-refractivity contribution >= 4 is 11.9 Å². The summed E-state index contributed by atoms with van der Waals surface area (Å²) in [5.74, 6) is -0.602. The zero-order chi connectivity index (χ0) is 17.5. The fraction of sp³-hybridized carbons (Fsp3) is 0.474. The molecule has 5 heteroatoms. The molecule has 24 heavy (non-hydrogen) atoms. The van der Waals surface area contributed by atoms with E-state index < -0.39 is 11.9 Å². The van der Waals surface area contributed by atoms with Crippen LogP contribution in [0.3, 0.4) is 0 Å². The standard InChI is InChI=1S/C15H21N.C4H4O4/c1-16-8-6-12(7-9-16)15-10-13-4-2-3-5-14(13)11-15;5-3(6)1-2-4(7)8/h2-5,12,15H,6-11H2,1H3;1-2H,(H,5,6)(H,7,8). The zero-order valence-corrected chi connectivity index (χ0v) is 14.0. The van der Waals surface area contributed by atoms with E-state index in [1.807, 2.05) is 0 Å². The highest BCUT2D eigenvalue weighted by Crippen LogP contribution is 2.35. The van der Waals surface area contributed by atoms with Crippen molar-refractivity contribution in [1.29, 1.82) is 0 Å². The first-order valence-electron chi connectivity index (χ1n) is 8.35. The minimum absolute atomic E-state index is 0.558. The highest BCUT2D eigenvalue weighted by molar-refractivity contribution is 5.89. The topological polar surface area (TPSA) is 77.8 Å². The molecule has 0 spiro atoms. The number of carboxylic acids is 2. The highest BCUT2D eigenvalue weighted by atomic mass is 16.4. The molecule has 1 aromatic rings. The number of fused-ring (bicyclic) bond motifs is 1. The van der Waals surface area contributed by atoms with Gasteiger partial charge in [0, 0.05) is 12.2 Å². The van der Waals surface area contributed by atoms with Crippen LogP contribution in [0.2, 0.25) is 0 Å². The first-order chi connectivity index (χ1) is 11.5. The summed E-state index contributed by atoms with van der Waals surface area (Å²) in [4.78, 5) is 21.6. The van der Waals surface area contributed by atoms with E-state index in [-0.39, 0.29) is 0 Å². The largest absolute Gasteiger partial charge is 0.478 e. The van der Waals surface area contributed by atoms with Gasteiger partial charge in [0.05, 0.1) is 0 Å². The van der Waals surface area contributed by atoms with E-state index in [0.29, 0.717) is 12.2 Å². The van der Waals surface area contributed by atoms with Crippen molar-refractivity contribution in [3.05, 3.63) is 47.5 Å². The van der Waals surface area contributed by atoms with Gasteiger partial charge in [-0.2, -0.15) is 0 Å². The Morgan fingerprint density at radius 1 is 0.958 bits per heavy atom. The molecule has 2 N–H and O–H groups in total. The maximum absolute atomic E-state index is 9.55. The van der Waals surface area contributed by atoms with Crippen molar-refractivity contribution < 1.29 is 19.8 Å². The molecule has 1 heterocycles. The van der Waals surface area contributed by atoms with Gasteiger partial charge < -0.3 is 15.1 Å². The summed E-state index contributed by atoms with van der Waals surface area (Å²) in [5.41, 5.74) is 3.23.